The van der Waals surface area contributed by atoms with Crippen molar-refractivity contribution in [3.05, 3.63) is 0 Å². The Balaban J connectivity index is 1.98. The lowest BCUT2D eigenvalue weighted by molar-refractivity contribution is 0.610. The topological polar surface area (TPSA) is 38.4 Å². The zero-order chi connectivity index (χ0) is 11.6. The average molecular weight is 224 g/mol. The minimum Gasteiger partial charge on any atom is -0.387 e. The van der Waals surface area contributed by atoms with E-state index in [0.29, 0.717) is 5.92 Å². The summed E-state index contributed by atoms with van der Waals surface area (Å²) >= 11 is 0. The van der Waals surface area contributed by atoms with Crippen LogP contribution in [0.4, 0.5) is 0 Å². The van der Waals surface area contributed by atoms with E-state index in [1.807, 2.05) is 0 Å². The van der Waals surface area contributed by atoms with Gasteiger partial charge in [-0.25, -0.2) is 0 Å². The Morgan fingerprint density at radius 3 is 2.38 bits per heavy atom. The van der Waals surface area contributed by atoms with Gasteiger partial charge in [-0.1, -0.05) is 51.9 Å². The van der Waals surface area contributed by atoms with Crippen molar-refractivity contribution in [3.8, 4) is 0 Å². The van der Waals surface area contributed by atoms with Crippen molar-refractivity contribution < 1.29 is 0 Å². The Morgan fingerprint density at radius 1 is 1.06 bits per heavy atom. The Bertz CT molecular complexity index is 193. The number of rotatable bonds is 8. The molecule has 0 aliphatic heterocycles. The van der Waals surface area contributed by atoms with Crippen molar-refractivity contribution >= 4 is 5.84 Å². The van der Waals surface area contributed by atoms with E-state index in [2.05, 4.69) is 11.9 Å². The van der Waals surface area contributed by atoms with Crippen molar-refractivity contribution in [2.75, 3.05) is 6.54 Å². The molecule has 1 fully saturated rings. The molecular weight excluding hydrogens is 196 g/mol. The lowest BCUT2D eigenvalue weighted by Gasteiger charge is -2.07. The van der Waals surface area contributed by atoms with E-state index >= 15 is 0 Å². The van der Waals surface area contributed by atoms with Crippen LogP contribution in [0.5, 0.6) is 0 Å². The normalized spacial score (nSPS) is 18.2. The van der Waals surface area contributed by atoms with Gasteiger partial charge in [-0.05, 0) is 19.3 Å². The van der Waals surface area contributed by atoms with E-state index in [1.54, 1.807) is 0 Å². The molecule has 0 saturated heterocycles. The molecule has 0 bridgehead atoms. The Morgan fingerprint density at radius 2 is 1.69 bits per heavy atom. The first-order valence-corrected chi connectivity index (χ1v) is 7.14. The highest BCUT2D eigenvalue weighted by atomic mass is 14.9. The second-order valence-corrected chi connectivity index (χ2v) is 5.06. The molecule has 2 heteroatoms. The van der Waals surface area contributed by atoms with Crippen molar-refractivity contribution in [1.82, 2.24) is 0 Å². The second kappa shape index (κ2) is 8.60. The molecule has 94 valence electrons. The second-order valence-electron chi connectivity index (χ2n) is 5.06. The van der Waals surface area contributed by atoms with Crippen LogP contribution >= 0.6 is 0 Å². The summed E-state index contributed by atoms with van der Waals surface area (Å²) in [6, 6.07) is 0. The summed E-state index contributed by atoms with van der Waals surface area (Å²) in [5.41, 5.74) is 5.99. The molecule has 1 rings (SSSR count). The molecule has 1 saturated carbocycles. The van der Waals surface area contributed by atoms with Crippen LogP contribution in [0.2, 0.25) is 0 Å². The van der Waals surface area contributed by atoms with Crippen LogP contribution in [0.3, 0.4) is 0 Å². The van der Waals surface area contributed by atoms with Gasteiger partial charge in [-0.15, -0.1) is 0 Å². The molecule has 0 aromatic heterocycles. The average Bonchev–Trinajstić information content (AvgIpc) is 2.81. The fourth-order valence-electron chi connectivity index (χ4n) is 2.45. The number of unbranched alkanes of at least 4 members (excludes halogenated alkanes) is 5. The maximum absolute atomic E-state index is 5.99. The molecule has 0 aromatic rings. The summed E-state index contributed by atoms with van der Waals surface area (Å²) in [4.78, 5) is 4.52. The smallest absolute Gasteiger partial charge is 0.0968 e. The fourth-order valence-corrected chi connectivity index (χ4v) is 2.45. The number of hydrogen-bond donors (Lipinski definition) is 1. The van der Waals surface area contributed by atoms with Crippen LogP contribution in [0.25, 0.3) is 0 Å². The maximum atomic E-state index is 5.99. The van der Waals surface area contributed by atoms with Gasteiger partial charge in [0, 0.05) is 12.5 Å². The molecule has 0 unspecified atom stereocenters. The molecule has 0 heterocycles. The van der Waals surface area contributed by atoms with E-state index < -0.39 is 0 Å². The van der Waals surface area contributed by atoms with E-state index in [1.165, 1.54) is 64.2 Å². The van der Waals surface area contributed by atoms with Gasteiger partial charge >= 0.3 is 0 Å². The van der Waals surface area contributed by atoms with E-state index in [-0.39, 0.29) is 0 Å². The van der Waals surface area contributed by atoms with Gasteiger partial charge in [0.1, 0.15) is 0 Å². The predicted molar refractivity (Wildman–Crippen MR) is 71.8 cm³/mol. The van der Waals surface area contributed by atoms with Gasteiger partial charge in [-0.2, -0.15) is 0 Å². The van der Waals surface area contributed by atoms with Crippen LogP contribution in [0.15, 0.2) is 4.99 Å². The van der Waals surface area contributed by atoms with Gasteiger partial charge < -0.3 is 5.73 Å². The van der Waals surface area contributed by atoms with Crippen LogP contribution in [0.1, 0.15) is 71.1 Å². The summed E-state index contributed by atoms with van der Waals surface area (Å²) < 4.78 is 0. The Kier molecular flexibility index (Phi) is 7.28. The molecule has 16 heavy (non-hydrogen) atoms. The first-order valence-electron chi connectivity index (χ1n) is 7.14. The van der Waals surface area contributed by atoms with Crippen molar-refractivity contribution in [2.45, 2.75) is 71.1 Å². The van der Waals surface area contributed by atoms with Gasteiger partial charge in [-0.3, -0.25) is 4.99 Å². The first-order chi connectivity index (χ1) is 7.84. The van der Waals surface area contributed by atoms with E-state index in [4.69, 9.17) is 5.73 Å². The van der Waals surface area contributed by atoms with Crippen LogP contribution in [-0.2, 0) is 0 Å². The monoisotopic (exact) mass is 224 g/mol. The van der Waals surface area contributed by atoms with E-state index in [0.717, 1.165) is 12.4 Å². The molecule has 2 N–H and O–H groups in total. The zero-order valence-electron chi connectivity index (χ0n) is 10.9. The van der Waals surface area contributed by atoms with Crippen LogP contribution in [0, 0.1) is 5.92 Å². The largest absolute Gasteiger partial charge is 0.387 e. The molecule has 0 aromatic carbocycles. The molecule has 2 nitrogen and oxygen atoms in total. The highest BCUT2D eigenvalue weighted by molar-refractivity contribution is 5.83. The van der Waals surface area contributed by atoms with Gasteiger partial charge in [0.15, 0.2) is 0 Å². The standard InChI is InChI=1S/C14H28N2/c1-2-3-4-5-6-9-12-16-14(15)13-10-7-8-11-13/h13H,2-12H2,1H3,(H2,15,16). The van der Waals surface area contributed by atoms with Crippen molar-refractivity contribution in [3.63, 3.8) is 0 Å². The Labute approximate surface area is 101 Å². The molecular formula is C14H28N2. The van der Waals surface area contributed by atoms with Crippen molar-refractivity contribution in [2.24, 2.45) is 16.6 Å². The molecule has 0 amide bonds. The number of nitrogens with two attached hydrogens (primary N) is 1. The molecule has 1 aliphatic rings. The Hall–Kier alpha value is -0.530. The van der Waals surface area contributed by atoms with Crippen molar-refractivity contribution in [1.29, 1.82) is 0 Å². The minimum absolute atomic E-state index is 0.611. The minimum atomic E-state index is 0.611. The third kappa shape index (κ3) is 5.53. The van der Waals surface area contributed by atoms with Gasteiger partial charge in [0.2, 0.25) is 0 Å². The molecule has 0 atom stereocenters. The maximum Gasteiger partial charge on any atom is 0.0968 e. The van der Waals surface area contributed by atoms with E-state index in [9.17, 15) is 0 Å². The summed E-state index contributed by atoms with van der Waals surface area (Å²) in [6.45, 7) is 3.21. The van der Waals surface area contributed by atoms with Crippen LogP contribution < -0.4 is 5.73 Å². The number of hydrogen-bond acceptors (Lipinski definition) is 1. The first kappa shape index (κ1) is 13.5. The quantitative estimate of drug-likeness (QED) is 0.379. The molecule has 0 radical (unpaired) electrons. The number of aliphatic imine (C=N–C) groups is 1. The SMILES string of the molecule is CCCCCCCCN=C(N)C1CCCC1. The third-order valence-corrected chi connectivity index (χ3v) is 3.58. The molecule has 0 spiro atoms. The van der Waals surface area contributed by atoms with Crippen LogP contribution in [-0.4, -0.2) is 12.4 Å². The summed E-state index contributed by atoms with van der Waals surface area (Å²) in [7, 11) is 0. The van der Waals surface area contributed by atoms with Gasteiger partial charge in [0.05, 0.1) is 5.84 Å². The highest BCUT2D eigenvalue weighted by Crippen LogP contribution is 2.24. The lowest BCUT2D eigenvalue weighted by Crippen LogP contribution is -2.21. The van der Waals surface area contributed by atoms with Gasteiger partial charge in [0.25, 0.3) is 0 Å². The molecule has 1 aliphatic carbocycles. The zero-order valence-corrected chi connectivity index (χ0v) is 10.9. The number of nitrogens with zero attached hydrogens (tertiary/aromatic N) is 1. The number of amidine groups is 1. The summed E-state index contributed by atoms with van der Waals surface area (Å²) in [6.07, 6.45) is 13.2. The highest BCUT2D eigenvalue weighted by Gasteiger charge is 2.17. The summed E-state index contributed by atoms with van der Waals surface area (Å²) in [5.74, 6) is 1.55. The third-order valence-electron chi connectivity index (χ3n) is 3.58. The summed E-state index contributed by atoms with van der Waals surface area (Å²) in [5, 5.41) is 0. The lowest BCUT2D eigenvalue weighted by atomic mass is 10.1. The predicted octanol–water partition coefficient (Wildman–Crippen LogP) is 3.89. The fraction of sp³-hybridized carbons (Fsp3) is 0.929.